The minimum atomic E-state index is 0.570. The average Bonchev–Trinajstić information content (AvgIpc) is 2.06. The summed E-state index contributed by atoms with van der Waals surface area (Å²) >= 11 is 0. The molecule has 0 atom stereocenters. The van der Waals surface area contributed by atoms with E-state index in [1.165, 1.54) is 31.4 Å². The van der Waals surface area contributed by atoms with E-state index in [1.54, 1.807) is 5.57 Å². The van der Waals surface area contributed by atoms with E-state index < -0.39 is 0 Å². The van der Waals surface area contributed by atoms with Crippen LogP contribution in [-0.4, -0.2) is 31.6 Å². The van der Waals surface area contributed by atoms with Crippen molar-refractivity contribution in [1.82, 2.24) is 10.2 Å². The molecule has 0 aromatic heterocycles. The summed E-state index contributed by atoms with van der Waals surface area (Å²) in [6.45, 7) is 5.55. The topological polar surface area (TPSA) is 15.3 Å². The minimum Gasteiger partial charge on any atom is -0.386 e. The van der Waals surface area contributed by atoms with E-state index in [4.69, 9.17) is 0 Å². The first kappa shape index (κ1) is 11.6. The summed E-state index contributed by atoms with van der Waals surface area (Å²) in [5.41, 5.74) is 3.13. The molecule has 1 aliphatic carbocycles. The number of nitrogens with zero attached hydrogens (tertiary/aromatic N) is 1. The van der Waals surface area contributed by atoms with E-state index in [0.717, 1.165) is 6.54 Å². The van der Waals surface area contributed by atoms with Gasteiger partial charge >= 0.3 is 0 Å². The molecule has 0 saturated heterocycles. The van der Waals surface area contributed by atoms with Crippen molar-refractivity contribution >= 4 is 0 Å². The maximum absolute atomic E-state index is 3.59. The highest BCUT2D eigenvalue weighted by Crippen LogP contribution is 2.23. The van der Waals surface area contributed by atoms with Gasteiger partial charge in [0.15, 0.2) is 0 Å². The number of hydrogen-bond donors (Lipinski definition) is 1. The highest BCUT2D eigenvalue weighted by molar-refractivity contribution is 5.17. The van der Waals surface area contributed by atoms with Crippen LogP contribution in [0.2, 0.25) is 0 Å². The van der Waals surface area contributed by atoms with Crippen LogP contribution in [0.3, 0.4) is 0 Å². The molecule has 2 nitrogen and oxygen atoms in total. The predicted octanol–water partition coefficient (Wildman–Crippen LogP) is 2.37. The van der Waals surface area contributed by atoms with Crippen LogP contribution < -0.4 is 5.32 Å². The van der Waals surface area contributed by atoms with Crippen molar-refractivity contribution in [1.29, 1.82) is 0 Å². The van der Waals surface area contributed by atoms with E-state index in [1.807, 2.05) is 0 Å². The van der Waals surface area contributed by atoms with Gasteiger partial charge in [-0.15, -0.1) is 0 Å². The largest absolute Gasteiger partial charge is 0.386 e. The smallest absolute Gasteiger partial charge is 0.0206 e. The van der Waals surface area contributed by atoms with Gasteiger partial charge in [-0.2, -0.15) is 0 Å². The molecule has 0 unspecified atom stereocenters. The molecule has 1 N–H and O–H groups in total. The summed E-state index contributed by atoms with van der Waals surface area (Å²) in [7, 11) is 4.29. The maximum atomic E-state index is 3.59. The zero-order valence-electron chi connectivity index (χ0n) is 10.1. The van der Waals surface area contributed by atoms with Crippen LogP contribution in [-0.2, 0) is 0 Å². The number of rotatable bonds is 4. The second kappa shape index (κ2) is 5.40. The van der Waals surface area contributed by atoms with Crippen molar-refractivity contribution in [2.24, 2.45) is 0 Å². The van der Waals surface area contributed by atoms with Crippen molar-refractivity contribution in [2.45, 2.75) is 45.6 Å². The van der Waals surface area contributed by atoms with Crippen LogP contribution >= 0.6 is 0 Å². The van der Waals surface area contributed by atoms with Gasteiger partial charge in [0.05, 0.1) is 0 Å². The van der Waals surface area contributed by atoms with Crippen molar-refractivity contribution in [3.8, 4) is 0 Å². The lowest BCUT2D eigenvalue weighted by Gasteiger charge is -2.25. The minimum absolute atomic E-state index is 0.570. The SMILES string of the molecule is CC(C)NC1=C(CN(C)C)CCCC1. The zero-order chi connectivity index (χ0) is 10.6. The molecular weight excluding hydrogens is 172 g/mol. The Hall–Kier alpha value is -0.500. The van der Waals surface area contributed by atoms with Crippen molar-refractivity contribution in [3.05, 3.63) is 11.3 Å². The first-order valence-corrected chi connectivity index (χ1v) is 5.71. The second-order valence-electron chi connectivity index (χ2n) is 4.83. The molecule has 0 aromatic rings. The molecular formula is C12H24N2. The van der Waals surface area contributed by atoms with Gasteiger partial charge in [0.1, 0.15) is 0 Å². The Balaban J connectivity index is 2.64. The van der Waals surface area contributed by atoms with Gasteiger partial charge < -0.3 is 10.2 Å². The van der Waals surface area contributed by atoms with Crippen molar-refractivity contribution in [2.75, 3.05) is 20.6 Å². The Bertz CT molecular complexity index is 182. The van der Waals surface area contributed by atoms with Gasteiger partial charge in [-0.1, -0.05) is 0 Å². The van der Waals surface area contributed by atoms with Crippen LogP contribution in [0.25, 0.3) is 0 Å². The average molecular weight is 196 g/mol. The summed E-state index contributed by atoms with van der Waals surface area (Å²) in [5.74, 6) is 0. The van der Waals surface area contributed by atoms with E-state index in [9.17, 15) is 0 Å². The monoisotopic (exact) mass is 196 g/mol. The molecule has 2 heteroatoms. The van der Waals surface area contributed by atoms with Crippen molar-refractivity contribution < 1.29 is 0 Å². The summed E-state index contributed by atoms with van der Waals surface area (Å²) in [5, 5.41) is 3.59. The van der Waals surface area contributed by atoms with Crippen LogP contribution in [0.4, 0.5) is 0 Å². The first-order chi connectivity index (χ1) is 6.59. The highest BCUT2D eigenvalue weighted by atomic mass is 15.1. The number of hydrogen-bond acceptors (Lipinski definition) is 2. The third-order valence-corrected chi connectivity index (χ3v) is 2.55. The van der Waals surface area contributed by atoms with Gasteiger partial charge in [-0.3, -0.25) is 0 Å². The quantitative estimate of drug-likeness (QED) is 0.742. The Morgan fingerprint density at radius 2 is 1.86 bits per heavy atom. The fourth-order valence-electron chi connectivity index (χ4n) is 2.05. The molecule has 0 spiro atoms. The van der Waals surface area contributed by atoms with Gasteiger partial charge in [-0.25, -0.2) is 0 Å². The maximum Gasteiger partial charge on any atom is 0.0206 e. The summed E-state index contributed by atoms with van der Waals surface area (Å²) < 4.78 is 0. The molecule has 0 amide bonds. The Morgan fingerprint density at radius 1 is 1.21 bits per heavy atom. The van der Waals surface area contributed by atoms with Crippen LogP contribution in [0.15, 0.2) is 11.3 Å². The molecule has 14 heavy (non-hydrogen) atoms. The highest BCUT2D eigenvalue weighted by Gasteiger charge is 2.13. The standard InChI is InChI=1S/C12H24N2/c1-10(2)13-12-8-6-5-7-11(12)9-14(3)4/h10,13H,5-9H2,1-4H3. The lowest BCUT2D eigenvalue weighted by atomic mass is 9.95. The predicted molar refractivity (Wildman–Crippen MR) is 62.3 cm³/mol. The van der Waals surface area contributed by atoms with Crippen LogP contribution in [0, 0.1) is 0 Å². The molecule has 1 aliphatic rings. The zero-order valence-corrected chi connectivity index (χ0v) is 10.1. The molecule has 0 aromatic carbocycles. The molecule has 0 saturated carbocycles. The van der Waals surface area contributed by atoms with Crippen LogP contribution in [0.1, 0.15) is 39.5 Å². The number of nitrogens with one attached hydrogen (secondary N) is 1. The number of allylic oxidation sites excluding steroid dienone is 1. The lowest BCUT2D eigenvalue weighted by molar-refractivity contribution is 0.423. The van der Waals surface area contributed by atoms with Gasteiger partial charge in [-0.05, 0) is 59.2 Å². The number of likely N-dealkylation sites (N-methyl/N-ethyl adjacent to an activating group) is 1. The van der Waals surface area contributed by atoms with Crippen LogP contribution in [0.5, 0.6) is 0 Å². The second-order valence-corrected chi connectivity index (χ2v) is 4.83. The van der Waals surface area contributed by atoms with Crippen molar-refractivity contribution in [3.63, 3.8) is 0 Å². The van der Waals surface area contributed by atoms with Gasteiger partial charge in [0, 0.05) is 18.3 Å². The van der Waals surface area contributed by atoms with E-state index in [2.05, 4.69) is 38.2 Å². The first-order valence-electron chi connectivity index (χ1n) is 5.71. The van der Waals surface area contributed by atoms with E-state index >= 15 is 0 Å². The Labute approximate surface area is 88.4 Å². The third kappa shape index (κ3) is 3.70. The third-order valence-electron chi connectivity index (χ3n) is 2.55. The summed E-state index contributed by atoms with van der Waals surface area (Å²) in [4.78, 5) is 2.27. The normalized spacial score (nSPS) is 18.1. The lowest BCUT2D eigenvalue weighted by Crippen LogP contribution is -2.28. The molecule has 0 heterocycles. The van der Waals surface area contributed by atoms with E-state index in [-0.39, 0.29) is 0 Å². The Kier molecular flexibility index (Phi) is 4.46. The molecule has 0 radical (unpaired) electrons. The fourth-order valence-corrected chi connectivity index (χ4v) is 2.05. The fraction of sp³-hybridized carbons (Fsp3) is 0.833. The van der Waals surface area contributed by atoms with Gasteiger partial charge in [0.25, 0.3) is 0 Å². The van der Waals surface area contributed by atoms with Gasteiger partial charge in [0.2, 0.25) is 0 Å². The molecule has 0 bridgehead atoms. The summed E-state index contributed by atoms with van der Waals surface area (Å²) in [6, 6.07) is 0.570. The Morgan fingerprint density at radius 3 is 2.43 bits per heavy atom. The molecule has 0 aliphatic heterocycles. The molecule has 0 fully saturated rings. The summed E-state index contributed by atoms with van der Waals surface area (Å²) in [6.07, 6.45) is 5.26. The van der Waals surface area contributed by atoms with E-state index in [0.29, 0.717) is 6.04 Å². The molecule has 82 valence electrons. The molecule has 1 rings (SSSR count).